The lowest BCUT2D eigenvalue weighted by molar-refractivity contribution is -0.179. The fraction of sp³-hybridized carbons (Fsp3) is 0.500. The molecule has 1 saturated heterocycles. The molecule has 0 amide bonds. The number of anilines is 2. The first-order valence-corrected chi connectivity index (χ1v) is 5.74. The van der Waals surface area contributed by atoms with Gasteiger partial charge in [-0.25, -0.2) is 4.39 Å². The molecule has 0 bridgehead atoms. The molecule has 1 aromatic carbocycles. The first-order valence-electron chi connectivity index (χ1n) is 5.74. The van der Waals surface area contributed by atoms with Crippen LogP contribution in [-0.2, 0) is 0 Å². The van der Waals surface area contributed by atoms with Crippen LogP contribution in [0.15, 0.2) is 18.2 Å². The normalized spacial score (nSPS) is 18.1. The van der Waals surface area contributed by atoms with Crippen molar-refractivity contribution in [3.63, 3.8) is 0 Å². The number of nitrogens with zero attached hydrogens (tertiary/aromatic N) is 1. The Hall–Kier alpha value is -1.46. The molecule has 1 fully saturated rings. The third-order valence-electron chi connectivity index (χ3n) is 3.29. The van der Waals surface area contributed by atoms with Crippen LogP contribution in [0, 0.1) is 11.7 Å². The molecule has 0 unspecified atom stereocenters. The number of rotatable bonds is 1. The average molecular weight is 262 g/mol. The second kappa shape index (κ2) is 4.66. The minimum Gasteiger partial charge on any atom is -0.397 e. The lowest BCUT2D eigenvalue weighted by Gasteiger charge is -2.34. The standard InChI is InChI=1S/C12H14F4N2/c13-9-1-2-11(10(17)7-9)18-5-3-8(4-6-18)12(14,15)16/h1-2,7-8H,3-6,17H2. The fourth-order valence-corrected chi connectivity index (χ4v) is 2.26. The predicted octanol–water partition coefficient (Wildman–Crippen LogP) is 3.19. The highest BCUT2D eigenvalue weighted by Gasteiger charge is 2.41. The Labute approximate surface area is 102 Å². The van der Waals surface area contributed by atoms with Gasteiger partial charge in [0.15, 0.2) is 0 Å². The number of alkyl halides is 3. The number of benzene rings is 1. The van der Waals surface area contributed by atoms with Gasteiger partial charge in [-0.2, -0.15) is 13.2 Å². The molecule has 6 heteroatoms. The summed E-state index contributed by atoms with van der Waals surface area (Å²) in [4.78, 5) is 1.77. The van der Waals surface area contributed by atoms with Gasteiger partial charge in [-0.1, -0.05) is 0 Å². The van der Waals surface area contributed by atoms with Crippen LogP contribution in [0.1, 0.15) is 12.8 Å². The molecule has 2 nitrogen and oxygen atoms in total. The second-order valence-corrected chi connectivity index (χ2v) is 4.51. The molecule has 0 atom stereocenters. The van der Waals surface area contributed by atoms with Gasteiger partial charge in [-0.15, -0.1) is 0 Å². The number of nitrogen functional groups attached to an aromatic ring is 1. The van der Waals surface area contributed by atoms with Gasteiger partial charge in [-0.3, -0.25) is 0 Å². The summed E-state index contributed by atoms with van der Waals surface area (Å²) >= 11 is 0. The minimum atomic E-state index is -4.12. The SMILES string of the molecule is Nc1cc(F)ccc1N1CCC(C(F)(F)F)CC1. The molecule has 1 aliphatic rings. The van der Waals surface area contributed by atoms with E-state index in [-0.39, 0.29) is 18.5 Å². The summed E-state index contributed by atoms with van der Waals surface area (Å²) in [5.74, 6) is -1.68. The van der Waals surface area contributed by atoms with Gasteiger partial charge in [0.25, 0.3) is 0 Å². The van der Waals surface area contributed by atoms with E-state index in [2.05, 4.69) is 0 Å². The molecule has 0 radical (unpaired) electrons. The van der Waals surface area contributed by atoms with Crippen molar-refractivity contribution in [1.29, 1.82) is 0 Å². The number of piperidine rings is 1. The summed E-state index contributed by atoms with van der Waals surface area (Å²) in [5, 5.41) is 0. The van der Waals surface area contributed by atoms with Gasteiger partial charge in [-0.05, 0) is 31.0 Å². The zero-order chi connectivity index (χ0) is 13.3. The maximum Gasteiger partial charge on any atom is 0.391 e. The molecule has 0 saturated carbocycles. The Morgan fingerprint density at radius 2 is 1.78 bits per heavy atom. The molecule has 2 rings (SSSR count). The molecule has 18 heavy (non-hydrogen) atoms. The van der Waals surface area contributed by atoms with Crippen LogP contribution in [0.5, 0.6) is 0 Å². The highest BCUT2D eigenvalue weighted by molar-refractivity contribution is 5.67. The van der Waals surface area contributed by atoms with E-state index >= 15 is 0 Å². The summed E-state index contributed by atoms with van der Waals surface area (Å²) in [7, 11) is 0. The molecule has 1 aliphatic heterocycles. The average Bonchev–Trinajstić information content (AvgIpc) is 2.28. The molecule has 100 valence electrons. The molecule has 1 heterocycles. The lowest BCUT2D eigenvalue weighted by Crippen LogP contribution is -2.39. The summed E-state index contributed by atoms with van der Waals surface area (Å²) in [6, 6.07) is 3.96. The van der Waals surface area contributed by atoms with E-state index in [0.29, 0.717) is 18.8 Å². The lowest BCUT2D eigenvalue weighted by atomic mass is 9.96. The number of hydrogen-bond acceptors (Lipinski definition) is 2. The van der Waals surface area contributed by atoms with Crippen LogP contribution in [0.3, 0.4) is 0 Å². The van der Waals surface area contributed by atoms with Crippen LogP contribution < -0.4 is 10.6 Å². The van der Waals surface area contributed by atoms with E-state index in [0.717, 1.165) is 0 Å². The largest absolute Gasteiger partial charge is 0.397 e. The monoisotopic (exact) mass is 262 g/mol. The van der Waals surface area contributed by atoms with E-state index in [4.69, 9.17) is 5.73 Å². The van der Waals surface area contributed by atoms with Crippen LogP contribution in [-0.4, -0.2) is 19.3 Å². The highest BCUT2D eigenvalue weighted by atomic mass is 19.4. The fourth-order valence-electron chi connectivity index (χ4n) is 2.26. The molecule has 0 aliphatic carbocycles. The van der Waals surface area contributed by atoms with Gasteiger partial charge >= 0.3 is 6.18 Å². The minimum absolute atomic E-state index is 0.0559. The maximum absolute atomic E-state index is 12.9. The molecule has 0 spiro atoms. The van der Waals surface area contributed by atoms with Crippen LogP contribution in [0.4, 0.5) is 28.9 Å². The quantitative estimate of drug-likeness (QED) is 0.622. The summed E-state index contributed by atoms with van der Waals surface area (Å²) in [6.07, 6.45) is -4.01. The van der Waals surface area contributed by atoms with Gasteiger partial charge in [0.1, 0.15) is 5.82 Å². The van der Waals surface area contributed by atoms with Crippen molar-refractivity contribution in [3.8, 4) is 0 Å². The maximum atomic E-state index is 12.9. The highest BCUT2D eigenvalue weighted by Crippen LogP contribution is 2.36. The van der Waals surface area contributed by atoms with Gasteiger partial charge in [0.2, 0.25) is 0 Å². The third-order valence-corrected chi connectivity index (χ3v) is 3.29. The topological polar surface area (TPSA) is 29.3 Å². The Morgan fingerprint density at radius 3 is 2.28 bits per heavy atom. The van der Waals surface area contributed by atoms with Crippen LogP contribution in [0.25, 0.3) is 0 Å². The van der Waals surface area contributed by atoms with E-state index in [1.807, 2.05) is 0 Å². The van der Waals surface area contributed by atoms with E-state index in [1.54, 1.807) is 4.90 Å². The Balaban J connectivity index is 2.06. The van der Waals surface area contributed by atoms with Crippen molar-refractivity contribution in [2.24, 2.45) is 5.92 Å². The molecule has 0 aromatic heterocycles. The van der Waals surface area contributed by atoms with E-state index in [9.17, 15) is 17.6 Å². The van der Waals surface area contributed by atoms with Gasteiger partial charge in [0, 0.05) is 13.1 Å². The summed E-state index contributed by atoms with van der Waals surface area (Å²) in [6.45, 7) is 0.583. The van der Waals surface area contributed by atoms with Crippen molar-refractivity contribution < 1.29 is 17.6 Å². The Kier molecular flexibility index (Phi) is 3.36. The molecular formula is C12H14F4N2. The van der Waals surface area contributed by atoms with Crippen molar-refractivity contribution in [2.45, 2.75) is 19.0 Å². The van der Waals surface area contributed by atoms with Crippen molar-refractivity contribution in [1.82, 2.24) is 0 Å². The Morgan fingerprint density at radius 1 is 1.17 bits per heavy atom. The molecule has 1 aromatic rings. The van der Waals surface area contributed by atoms with Crippen LogP contribution >= 0.6 is 0 Å². The van der Waals surface area contributed by atoms with E-state index < -0.39 is 17.9 Å². The first-order chi connectivity index (χ1) is 8.38. The smallest absolute Gasteiger partial charge is 0.391 e. The van der Waals surface area contributed by atoms with Crippen molar-refractivity contribution in [2.75, 3.05) is 23.7 Å². The summed E-state index contributed by atoms with van der Waals surface area (Å²) < 4.78 is 50.4. The van der Waals surface area contributed by atoms with Gasteiger partial charge < -0.3 is 10.6 Å². The Bertz CT molecular complexity index is 423. The molecular weight excluding hydrogens is 248 g/mol. The van der Waals surface area contributed by atoms with Crippen molar-refractivity contribution in [3.05, 3.63) is 24.0 Å². The third kappa shape index (κ3) is 2.68. The zero-order valence-corrected chi connectivity index (χ0v) is 9.67. The van der Waals surface area contributed by atoms with E-state index in [1.165, 1.54) is 18.2 Å². The number of hydrogen-bond donors (Lipinski definition) is 1. The van der Waals surface area contributed by atoms with Crippen molar-refractivity contribution >= 4 is 11.4 Å². The number of nitrogens with two attached hydrogens (primary N) is 1. The summed E-state index contributed by atoms with van der Waals surface area (Å²) in [5.41, 5.74) is 6.54. The second-order valence-electron chi connectivity index (χ2n) is 4.51. The van der Waals surface area contributed by atoms with Gasteiger partial charge in [0.05, 0.1) is 17.3 Å². The predicted molar refractivity (Wildman–Crippen MR) is 61.8 cm³/mol. The first kappa shape index (κ1) is 13.0. The van der Waals surface area contributed by atoms with Crippen LogP contribution in [0.2, 0.25) is 0 Å². The zero-order valence-electron chi connectivity index (χ0n) is 9.67. The number of halogens is 4. The molecule has 2 N–H and O–H groups in total.